The summed E-state index contributed by atoms with van der Waals surface area (Å²) in [5.41, 5.74) is 2.59. The quantitative estimate of drug-likeness (QED) is 0.555. The number of rotatable bonds is 9. The van der Waals surface area contributed by atoms with Gasteiger partial charge in [-0.2, -0.15) is 0 Å². The van der Waals surface area contributed by atoms with Gasteiger partial charge in [0.05, 0.1) is 5.41 Å². The molecular weight excluding hydrogens is 406 g/mol. The van der Waals surface area contributed by atoms with Crippen LogP contribution in [0.4, 0.5) is 0 Å². The molecule has 0 unspecified atom stereocenters. The fourth-order valence-corrected chi connectivity index (χ4v) is 5.22. The van der Waals surface area contributed by atoms with E-state index in [0.29, 0.717) is 29.7 Å². The molecule has 5 heteroatoms. The second-order valence-corrected chi connectivity index (χ2v) is 9.23. The number of carbonyl (C=O) groups is 1. The third-order valence-corrected chi connectivity index (χ3v) is 7.19. The predicted molar refractivity (Wildman–Crippen MR) is 128 cm³/mol. The second kappa shape index (κ2) is 9.13. The number of likely N-dealkylation sites (tertiary alicyclic amines) is 1. The van der Waals surface area contributed by atoms with Crippen molar-refractivity contribution in [3.8, 4) is 11.1 Å². The van der Waals surface area contributed by atoms with Crippen molar-refractivity contribution in [2.24, 2.45) is 5.92 Å². The molecule has 1 aliphatic carbocycles. The molecule has 2 aromatic rings. The van der Waals surface area contributed by atoms with E-state index in [4.69, 9.17) is 17.0 Å². The molecule has 2 fully saturated rings. The number of hydrogen-bond acceptors (Lipinski definition) is 3. The Hall–Kier alpha value is -2.17. The van der Waals surface area contributed by atoms with Gasteiger partial charge in [0.15, 0.2) is 0 Å². The Morgan fingerprint density at radius 1 is 1.10 bits per heavy atom. The summed E-state index contributed by atoms with van der Waals surface area (Å²) in [6.45, 7) is 7.96. The molecule has 4 nitrogen and oxygen atoms in total. The normalized spacial score (nSPS) is 21.4. The average molecular weight is 438 g/mol. The maximum Gasteiger partial charge on any atom is 0.239 e. The summed E-state index contributed by atoms with van der Waals surface area (Å²) in [5, 5.41) is 9.36. The molecule has 1 N–H and O–H groups in total. The molecule has 1 aliphatic heterocycles. The number of halogens is 1. The maximum atomic E-state index is 13.8. The zero-order valence-electron chi connectivity index (χ0n) is 18.5. The minimum atomic E-state index is -0.582. The van der Waals surface area contributed by atoms with Crippen LogP contribution in [0.25, 0.3) is 11.1 Å². The highest BCUT2D eigenvalue weighted by atomic mass is 35.5. The van der Waals surface area contributed by atoms with Crippen LogP contribution >= 0.6 is 11.6 Å². The first kappa shape index (κ1) is 22.0. The molecule has 2 aliphatic rings. The van der Waals surface area contributed by atoms with Gasteiger partial charge in [-0.1, -0.05) is 61.8 Å². The molecule has 1 atom stereocenters. The minimum Gasteiger partial charge on any atom is -0.304 e. The molecule has 31 heavy (non-hydrogen) atoms. The number of nitrogens with one attached hydrogen (secondary N) is 1. The molecule has 0 radical (unpaired) electrons. The lowest BCUT2D eigenvalue weighted by Crippen LogP contribution is -2.41. The summed E-state index contributed by atoms with van der Waals surface area (Å²) in [5.74, 6) is 0.940. The lowest BCUT2D eigenvalue weighted by atomic mass is 9.74. The van der Waals surface area contributed by atoms with Crippen LogP contribution in [0.1, 0.15) is 45.1 Å². The van der Waals surface area contributed by atoms with Crippen LogP contribution in [0.15, 0.2) is 48.5 Å². The number of hydrogen-bond donors (Lipinski definition) is 1. The molecular formula is C26H32ClN3O. The van der Waals surface area contributed by atoms with Gasteiger partial charge in [0.2, 0.25) is 5.91 Å². The van der Waals surface area contributed by atoms with E-state index < -0.39 is 5.41 Å². The van der Waals surface area contributed by atoms with E-state index in [2.05, 4.69) is 36.9 Å². The lowest BCUT2D eigenvalue weighted by Gasteiger charge is -2.28. The third-order valence-electron chi connectivity index (χ3n) is 6.96. The molecule has 2 aromatic carbocycles. The molecule has 1 amide bonds. The molecule has 1 saturated carbocycles. The van der Waals surface area contributed by atoms with Crippen molar-refractivity contribution < 1.29 is 4.79 Å². The third kappa shape index (κ3) is 4.28. The van der Waals surface area contributed by atoms with Crippen molar-refractivity contribution in [2.45, 2.75) is 44.9 Å². The van der Waals surface area contributed by atoms with Crippen LogP contribution < -0.4 is 0 Å². The first-order valence-corrected chi connectivity index (χ1v) is 11.9. The van der Waals surface area contributed by atoms with Crippen LogP contribution in [0.3, 0.4) is 0 Å². The second-order valence-electron chi connectivity index (χ2n) is 8.80. The van der Waals surface area contributed by atoms with Crippen LogP contribution in [0.2, 0.25) is 5.02 Å². The Bertz CT molecular complexity index is 967. The van der Waals surface area contributed by atoms with Crippen molar-refractivity contribution in [2.75, 3.05) is 26.2 Å². The largest absolute Gasteiger partial charge is 0.304 e. The van der Waals surface area contributed by atoms with Crippen LogP contribution in [0.5, 0.6) is 0 Å². The number of amidine groups is 1. The minimum absolute atomic E-state index is 0.128. The highest BCUT2D eigenvalue weighted by Crippen LogP contribution is 2.54. The van der Waals surface area contributed by atoms with E-state index in [1.54, 1.807) is 4.90 Å². The highest BCUT2D eigenvalue weighted by molar-refractivity contribution is 6.30. The smallest absolute Gasteiger partial charge is 0.239 e. The average Bonchev–Trinajstić information content (AvgIpc) is 3.59. The van der Waals surface area contributed by atoms with E-state index in [1.165, 1.54) is 0 Å². The fourth-order valence-electron chi connectivity index (χ4n) is 5.03. The number of benzene rings is 2. The van der Waals surface area contributed by atoms with Gasteiger partial charge in [-0.3, -0.25) is 15.1 Å². The van der Waals surface area contributed by atoms with Crippen molar-refractivity contribution in [3.05, 3.63) is 59.1 Å². The molecule has 0 aromatic heterocycles. The Kier molecular flexibility index (Phi) is 6.49. The summed E-state index contributed by atoms with van der Waals surface area (Å²) >= 11 is 6.21. The van der Waals surface area contributed by atoms with Crippen molar-refractivity contribution >= 4 is 23.3 Å². The zero-order chi connectivity index (χ0) is 22.0. The zero-order valence-corrected chi connectivity index (χ0v) is 19.3. The van der Waals surface area contributed by atoms with Gasteiger partial charge < -0.3 is 4.90 Å². The first-order chi connectivity index (χ1) is 15.0. The van der Waals surface area contributed by atoms with E-state index in [-0.39, 0.29) is 5.91 Å². The summed E-state index contributed by atoms with van der Waals surface area (Å²) in [7, 11) is 0. The molecule has 1 saturated heterocycles. The monoisotopic (exact) mass is 437 g/mol. The van der Waals surface area contributed by atoms with Crippen LogP contribution in [-0.2, 0) is 10.2 Å². The van der Waals surface area contributed by atoms with Gasteiger partial charge in [0.25, 0.3) is 0 Å². The van der Waals surface area contributed by atoms with Crippen LogP contribution in [0, 0.1) is 11.3 Å². The Morgan fingerprint density at radius 2 is 1.77 bits per heavy atom. The summed E-state index contributed by atoms with van der Waals surface area (Å²) < 4.78 is 0. The van der Waals surface area contributed by atoms with Gasteiger partial charge in [-0.15, -0.1) is 0 Å². The van der Waals surface area contributed by atoms with Crippen molar-refractivity contribution in [1.82, 2.24) is 9.80 Å². The molecule has 164 valence electrons. The Labute approximate surface area is 190 Å². The van der Waals surface area contributed by atoms with Gasteiger partial charge in [0.1, 0.15) is 5.84 Å². The number of nitrogens with zero attached hydrogens (tertiary/aromatic N) is 2. The van der Waals surface area contributed by atoms with Crippen molar-refractivity contribution in [1.29, 1.82) is 5.41 Å². The SMILES string of the molecule is CCN(CC)CCCN1C(=N)C[C@@](c2cccc(-c3cccc(Cl)c3)c2)(C2CC2)C1=O. The summed E-state index contributed by atoms with van der Waals surface area (Å²) in [6.07, 6.45) is 3.54. The Balaban J connectivity index is 1.61. The molecule has 0 bridgehead atoms. The standard InChI is InChI=1S/C26H32ClN3O/c1-3-29(4-2)14-7-15-30-24(28)18-26(25(30)31,21-12-13-21)22-10-5-8-19(16-22)20-9-6-11-23(27)17-20/h5-6,8-11,16-17,21,28H,3-4,7,12-15,18H2,1-2H3/t26-/m0/s1. The summed E-state index contributed by atoms with van der Waals surface area (Å²) in [4.78, 5) is 17.9. The molecule has 1 heterocycles. The Morgan fingerprint density at radius 3 is 2.42 bits per heavy atom. The van der Waals surface area contributed by atoms with Gasteiger partial charge in [0, 0.05) is 18.0 Å². The van der Waals surface area contributed by atoms with E-state index in [9.17, 15) is 4.79 Å². The lowest BCUT2D eigenvalue weighted by molar-refractivity contribution is -0.131. The van der Waals surface area contributed by atoms with Gasteiger partial charge in [-0.25, -0.2) is 0 Å². The van der Waals surface area contributed by atoms with Gasteiger partial charge in [-0.05, 0) is 73.6 Å². The highest BCUT2D eigenvalue weighted by Gasteiger charge is 2.58. The van der Waals surface area contributed by atoms with Gasteiger partial charge >= 0.3 is 0 Å². The van der Waals surface area contributed by atoms with E-state index in [0.717, 1.165) is 55.6 Å². The topological polar surface area (TPSA) is 47.4 Å². The fraction of sp³-hybridized carbons (Fsp3) is 0.462. The predicted octanol–water partition coefficient (Wildman–Crippen LogP) is 5.60. The van der Waals surface area contributed by atoms with E-state index in [1.807, 2.05) is 30.3 Å². The first-order valence-electron chi connectivity index (χ1n) is 11.5. The van der Waals surface area contributed by atoms with Crippen molar-refractivity contribution in [3.63, 3.8) is 0 Å². The molecule has 4 rings (SSSR count). The van der Waals surface area contributed by atoms with Crippen LogP contribution in [-0.4, -0.2) is 47.7 Å². The number of amides is 1. The number of carbonyl (C=O) groups excluding carboxylic acids is 1. The summed E-state index contributed by atoms with van der Waals surface area (Å²) in [6, 6.07) is 16.2. The van der Waals surface area contributed by atoms with E-state index >= 15 is 0 Å². The molecule has 0 spiro atoms. The maximum absolute atomic E-state index is 13.8.